The molecule has 0 unspecified atom stereocenters. The van der Waals surface area contributed by atoms with Crippen LogP contribution in [-0.2, 0) is 14.3 Å². The lowest BCUT2D eigenvalue weighted by molar-refractivity contribution is -0.115. The number of nitrogens with one attached hydrogen (secondary N) is 2. The minimum Gasteiger partial charge on any atom is -0.454 e. The molecule has 27 heavy (non-hydrogen) atoms. The van der Waals surface area contributed by atoms with Gasteiger partial charge in [-0.2, -0.15) is 0 Å². The average molecular weight is 388 g/mol. The van der Waals surface area contributed by atoms with E-state index >= 15 is 0 Å². The fraction of sp³-hybridized carbons (Fsp3) is 0.263. The van der Waals surface area contributed by atoms with Crippen LogP contribution in [0.5, 0.6) is 0 Å². The van der Waals surface area contributed by atoms with Crippen molar-refractivity contribution in [2.75, 3.05) is 17.2 Å². The monoisotopic (exact) mass is 388 g/mol. The Morgan fingerprint density at radius 2 is 1.63 bits per heavy atom. The molecule has 0 fully saturated rings. The number of hydrogen-bond acceptors (Lipinski definition) is 6. The lowest BCUT2D eigenvalue weighted by Crippen LogP contribution is -2.18. The smallest absolute Gasteiger partial charge is 0.339 e. The van der Waals surface area contributed by atoms with Crippen LogP contribution in [0.4, 0.5) is 11.4 Å². The molecule has 0 aliphatic carbocycles. The molecule has 7 nitrogen and oxygen atoms in total. The fourth-order valence-corrected chi connectivity index (χ4v) is 3.39. The Labute approximate surface area is 160 Å². The average Bonchev–Trinajstić information content (AvgIpc) is 2.90. The van der Waals surface area contributed by atoms with Gasteiger partial charge in [-0.05, 0) is 38.1 Å². The SMILES string of the molecule is CC(=O)Nc1ccc(C(=O)COC(=O)c2cc(C)sc2C)c(NC(C)=O)c1. The first-order chi connectivity index (χ1) is 12.7. The fourth-order valence-electron chi connectivity index (χ4n) is 2.48. The van der Waals surface area contributed by atoms with Gasteiger partial charge in [0.15, 0.2) is 6.61 Å². The molecule has 1 aromatic carbocycles. The van der Waals surface area contributed by atoms with Gasteiger partial charge in [0.05, 0.1) is 11.3 Å². The van der Waals surface area contributed by atoms with Crippen molar-refractivity contribution >= 4 is 46.3 Å². The number of carbonyl (C=O) groups is 4. The number of hydrogen-bond donors (Lipinski definition) is 2. The maximum absolute atomic E-state index is 12.5. The Kier molecular flexibility index (Phi) is 6.46. The van der Waals surface area contributed by atoms with Gasteiger partial charge in [-0.15, -0.1) is 11.3 Å². The van der Waals surface area contributed by atoms with E-state index in [2.05, 4.69) is 10.6 Å². The molecule has 2 aromatic rings. The lowest BCUT2D eigenvalue weighted by Gasteiger charge is -2.12. The second-order valence-corrected chi connectivity index (χ2v) is 7.41. The lowest BCUT2D eigenvalue weighted by atomic mass is 10.1. The summed E-state index contributed by atoms with van der Waals surface area (Å²) in [6.07, 6.45) is 0. The predicted molar refractivity (Wildman–Crippen MR) is 103 cm³/mol. The first kappa shape index (κ1) is 20.3. The van der Waals surface area contributed by atoms with Crippen molar-refractivity contribution < 1.29 is 23.9 Å². The number of Topliss-reactive ketones (excluding diaryl/α,β-unsaturated/α-hetero) is 1. The number of aryl methyl sites for hydroxylation is 2. The molecule has 2 rings (SSSR count). The highest BCUT2D eigenvalue weighted by Crippen LogP contribution is 2.23. The van der Waals surface area contributed by atoms with Crippen LogP contribution in [0.1, 0.15) is 44.3 Å². The van der Waals surface area contributed by atoms with E-state index in [4.69, 9.17) is 4.74 Å². The van der Waals surface area contributed by atoms with Gasteiger partial charge in [-0.3, -0.25) is 14.4 Å². The van der Waals surface area contributed by atoms with Gasteiger partial charge in [0.25, 0.3) is 0 Å². The molecule has 0 spiro atoms. The summed E-state index contributed by atoms with van der Waals surface area (Å²) in [5.41, 5.74) is 1.29. The van der Waals surface area contributed by atoms with E-state index in [1.807, 2.05) is 13.8 Å². The highest BCUT2D eigenvalue weighted by Gasteiger charge is 2.18. The Balaban J connectivity index is 2.16. The van der Waals surface area contributed by atoms with Crippen molar-refractivity contribution in [3.05, 3.63) is 45.1 Å². The molecule has 1 heterocycles. The van der Waals surface area contributed by atoms with Crippen molar-refractivity contribution in [2.24, 2.45) is 0 Å². The van der Waals surface area contributed by atoms with Gasteiger partial charge in [0, 0.05) is 34.9 Å². The standard InChI is InChI=1S/C19H20N2O5S/c1-10-7-16(11(2)27-10)19(25)26-9-18(24)15-6-5-14(20-12(3)22)8-17(15)21-13(4)23/h5-8H,9H2,1-4H3,(H,20,22)(H,21,23). The summed E-state index contributed by atoms with van der Waals surface area (Å²) in [7, 11) is 0. The van der Waals surface area contributed by atoms with E-state index in [-0.39, 0.29) is 23.1 Å². The number of ether oxygens (including phenoxy) is 1. The van der Waals surface area contributed by atoms with E-state index in [0.717, 1.165) is 9.75 Å². The van der Waals surface area contributed by atoms with Crippen LogP contribution < -0.4 is 10.6 Å². The van der Waals surface area contributed by atoms with Crippen LogP contribution in [0.3, 0.4) is 0 Å². The number of rotatable bonds is 6. The molecule has 0 atom stereocenters. The van der Waals surface area contributed by atoms with Crippen molar-refractivity contribution in [3.63, 3.8) is 0 Å². The van der Waals surface area contributed by atoms with Crippen LogP contribution in [0.15, 0.2) is 24.3 Å². The maximum Gasteiger partial charge on any atom is 0.339 e. The van der Waals surface area contributed by atoms with Crippen LogP contribution >= 0.6 is 11.3 Å². The Bertz CT molecular complexity index is 917. The van der Waals surface area contributed by atoms with Crippen molar-refractivity contribution in [2.45, 2.75) is 27.7 Å². The number of thiophene rings is 1. The number of anilines is 2. The maximum atomic E-state index is 12.5. The van der Waals surface area contributed by atoms with Gasteiger partial charge in [0.1, 0.15) is 0 Å². The first-order valence-electron chi connectivity index (χ1n) is 8.14. The summed E-state index contributed by atoms with van der Waals surface area (Å²) in [6, 6.07) is 6.20. The Hall–Kier alpha value is -3.00. The van der Waals surface area contributed by atoms with Crippen molar-refractivity contribution in [1.82, 2.24) is 0 Å². The number of amides is 2. The van der Waals surface area contributed by atoms with Crippen LogP contribution in [0, 0.1) is 13.8 Å². The van der Waals surface area contributed by atoms with Gasteiger partial charge in [0.2, 0.25) is 17.6 Å². The number of esters is 1. The van der Waals surface area contributed by atoms with E-state index in [0.29, 0.717) is 11.3 Å². The third-order valence-electron chi connectivity index (χ3n) is 3.55. The number of benzene rings is 1. The minimum absolute atomic E-state index is 0.185. The summed E-state index contributed by atoms with van der Waals surface area (Å²) in [5.74, 6) is -1.68. The van der Waals surface area contributed by atoms with E-state index < -0.39 is 18.4 Å². The molecule has 0 saturated heterocycles. The molecule has 1 aromatic heterocycles. The summed E-state index contributed by atoms with van der Waals surface area (Å²) in [4.78, 5) is 49.1. The Morgan fingerprint density at radius 3 is 2.19 bits per heavy atom. The van der Waals surface area contributed by atoms with Crippen molar-refractivity contribution in [3.8, 4) is 0 Å². The highest BCUT2D eigenvalue weighted by atomic mass is 32.1. The number of carbonyl (C=O) groups excluding carboxylic acids is 4. The topological polar surface area (TPSA) is 102 Å². The quantitative estimate of drug-likeness (QED) is 0.584. The largest absolute Gasteiger partial charge is 0.454 e. The zero-order chi connectivity index (χ0) is 20.1. The van der Waals surface area contributed by atoms with E-state index in [1.165, 1.54) is 43.4 Å². The molecule has 8 heteroatoms. The summed E-state index contributed by atoms with van der Waals surface area (Å²) in [5, 5.41) is 5.13. The molecular weight excluding hydrogens is 368 g/mol. The van der Waals surface area contributed by atoms with Gasteiger partial charge in [-0.25, -0.2) is 4.79 Å². The molecule has 2 amide bonds. The minimum atomic E-state index is -0.568. The van der Waals surface area contributed by atoms with Gasteiger partial charge >= 0.3 is 5.97 Å². The van der Waals surface area contributed by atoms with Gasteiger partial charge in [-0.1, -0.05) is 0 Å². The molecule has 142 valence electrons. The molecule has 0 aliphatic heterocycles. The molecule has 0 radical (unpaired) electrons. The normalized spacial score (nSPS) is 10.2. The van der Waals surface area contributed by atoms with Crippen LogP contribution in [0.2, 0.25) is 0 Å². The Morgan fingerprint density at radius 1 is 0.963 bits per heavy atom. The second kappa shape index (κ2) is 8.59. The molecule has 0 saturated carbocycles. The molecule has 0 aliphatic rings. The highest BCUT2D eigenvalue weighted by molar-refractivity contribution is 7.12. The third-order valence-corrected chi connectivity index (χ3v) is 4.51. The number of ketones is 1. The van der Waals surface area contributed by atoms with E-state index in [9.17, 15) is 19.2 Å². The zero-order valence-corrected chi connectivity index (χ0v) is 16.3. The predicted octanol–water partition coefficient (Wildman–Crippen LogP) is 3.32. The molecular formula is C19H20N2O5S. The third kappa shape index (κ3) is 5.49. The molecule has 0 bridgehead atoms. The van der Waals surface area contributed by atoms with Crippen LogP contribution in [-0.4, -0.2) is 30.2 Å². The summed E-state index contributed by atoms with van der Waals surface area (Å²) >= 11 is 1.48. The van der Waals surface area contributed by atoms with E-state index in [1.54, 1.807) is 6.07 Å². The van der Waals surface area contributed by atoms with Gasteiger partial charge < -0.3 is 15.4 Å². The zero-order valence-electron chi connectivity index (χ0n) is 15.5. The first-order valence-corrected chi connectivity index (χ1v) is 8.95. The van der Waals surface area contributed by atoms with Crippen LogP contribution in [0.25, 0.3) is 0 Å². The second-order valence-electron chi connectivity index (χ2n) is 5.95. The molecule has 2 N–H and O–H groups in total. The summed E-state index contributed by atoms with van der Waals surface area (Å²) in [6.45, 7) is 5.90. The van der Waals surface area contributed by atoms with Crippen molar-refractivity contribution in [1.29, 1.82) is 0 Å². The summed E-state index contributed by atoms with van der Waals surface area (Å²) < 4.78 is 5.13.